The maximum Gasteiger partial charge on any atom is 0.310 e. The van der Waals surface area contributed by atoms with E-state index in [2.05, 4.69) is 0 Å². The molecule has 0 saturated carbocycles. The van der Waals surface area contributed by atoms with Crippen molar-refractivity contribution in [3.63, 3.8) is 0 Å². The average Bonchev–Trinajstić information content (AvgIpc) is 2.52. The Morgan fingerprint density at radius 2 is 1.55 bits per heavy atom. The maximum atomic E-state index is 12.6. The first kappa shape index (κ1) is 16.1. The zero-order valence-corrected chi connectivity index (χ0v) is 12.7. The van der Waals surface area contributed by atoms with Crippen molar-refractivity contribution in [3.8, 4) is 0 Å². The molecule has 0 heterocycles. The summed E-state index contributed by atoms with van der Waals surface area (Å²) in [6.45, 7) is 4.15. The Morgan fingerprint density at radius 1 is 0.955 bits per heavy atom. The van der Waals surface area contributed by atoms with Crippen LogP contribution in [-0.2, 0) is 14.3 Å². The Morgan fingerprint density at radius 3 is 2.09 bits per heavy atom. The van der Waals surface area contributed by atoms with Gasteiger partial charge in [-0.05, 0) is 13.8 Å². The number of esters is 1. The molecule has 0 aliphatic heterocycles. The van der Waals surface area contributed by atoms with Gasteiger partial charge in [-0.15, -0.1) is 0 Å². The van der Waals surface area contributed by atoms with Gasteiger partial charge in [-0.3, -0.25) is 14.4 Å². The molecule has 0 saturated heterocycles. The third kappa shape index (κ3) is 3.14. The van der Waals surface area contributed by atoms with Crippen LogP contribution in [0.1, 0.15) is 41.0 Å². The fourth-order valence-electron chi connectivity index (χ4n) is 2.38. The highest BCUT2D eigenvalue weighted by Crippen LogP contribution is 2.28. The lowest BCUT2D eigenvalue weighted by Crippen LogP contribution is -2.26. The lowest BCUT2D eigenvalue weighted by Gasteiger charge is -2.20. The molecular weight excluding hydrogens is 284 g/mol. The Labute approximate surface area is 128 Å². The van der Waals surface area contributed by atoms with Gasteiger partial charge in [0.25, 0.3) is 0 Å². The smallest absolute Gasteiger partial charge is 0.310 e. The highest BCUT2D eigenvalue weighted by molar-refractivity contribution is 6.27. The molecule has 0 amide bonds. The minimum atomic E-state index is -0.521. The molecule has 0 unspecified atom stereocenters. The molecule has 1 aromatic rings. The van der Waals surface area contributed by atoms with Crippen LogP contribution in [-0.4, -0.2) is 37.4 Å². The Balaban J connectivity index is 2.43. The van der Waals surface area contributed by atoms with Crippen molar-refractivity contribution >= 4 is 17.5 Å². The zero-order chi connectivity index (χ0) is 16.1. The summed E-state index contributed by atoms with van der Waals surface area (Å²) >= 11 is 0. The quantitative estimate of drug-likeness (QED) is 0.754. The number of carbonyl (C=O) groups excluding carboxylic acids is 3. The highest BCUT2D eigenvalue weighted by atomic mass is 16.5. The summed E-state index contributed by atoms with van der Waals surface area (Å²) in [5.41, 5.74) is 1.11. The van der Waals surface area contributed by atoms with Crippen molar-refractivity contribution in [1.29, 1.82) is 0 Å². The molecular formula is C17H18O5. The number of hydrogen-bond donors (Lipinski definition) is 0. The van der Waals surface area contributed by atoms with Crippen molar-refractivity contribution in [2.75, 3.05) is 19.8 Å². The summed E-state index contributed by atoms with van der Waals surface area (Å²) in [5, 5.41) is 0. The SMILES string of the molecule is CCOCC1=C(CC(=O)OCC)C(=O)c2ccccc2C1=O. The van der Waals surface area contributed by atoms with Crippen LogP contribution in [0.25, 0.3) is 0 Å². The lowest BCUT2D eigenvalue weighted by molar-refractivity contribution is -0.142. The molecule has 116 valence electrons. The molecule has 0 N–H and O–H groups in total. The third-order valence-electron chi connectivity index (χ3n) is 3.41. The molecule has 1 aromatic carbocycles. The zero-order valence-electron chi connectivity index (χ0n) is 12.7. The first-order valence-corrected chi connectivity index (χ1v) is 7.23. The number of ketones is 2. The third-order valence-corrected chi connectivity index (χ3v) is 3.41. The van der Waals surface area contributed by atoms with E-state index in [1.54, 1.807) is 38.1 Å². The number of benzene rings is 1. The van der Waals surface area contributed by atoms with Crippen molar-refractivity contribution in [3.05, 3.63) is 46.5 Å². The molecule has 0 spiro atoms. The topological polar surface area (TPSA) is 69.7 Å². The van der Waals surface area contributed by atoms with Gasteiger partial charge in [0.2, 0.25) is 0 Å². The van der Waals surface area contributed by atoms with Crippen molar-refractivity contribution in [2.24, 2.45) is 0 Å². The number of rotatable bonds is 6. The molecule has 0 bridgehead atoms. The number of carbonyl (C=O) groups is 3. The maximum absolute atomic E-state index is 12.6. The van der Waals surface area contributed by atoms with E-state index in [1.807, 2.05) is 0 Å². The van der Waals surface area contributed by atoms with Crippen molar-refractivity contribution in [2.45, 2.75) is 20.3 Å². The first-order chi connectivity index (χ1) is 10.6. The fourth-order valence-corrected chi connectivity index (χ4v) is 2.38. The van der Waals surface area contributed by atoms with E-state index in [0.717, 1.165) is 0 Å². The number of Topliss-reactive ketones (excluding diaryl/α,β-unsaturated/α-hetero) is 2. The predicted molar refractivity (Wildman–Crippen MR) is 79.9 cm³/mol. The largest absolute Gasteiger partial charge is 0.466 e. The minimum absolute atomic E-state index is 0.0180. The second kappa shape index (κ2) is 7.13. The summed E-state index contributed by atoms with van der Waals surface area (Å²) in [4.78, 5) is 36.9. The van der Waals surface area contributed by atoms with E-state index in [9.17, 15) is 14.4 Å². The first-order valence-electron chi connectivity index (χ1n) is 7.23. The summed E-state index contributed by atoms with van der Waals surface area (Å²) in [6.07, 6.45) is -0.213. The minimum Gasteiger partial charge on any atom is -0.466 e. The average molecular weight is 302 g/mol. The molecule has 0 radical (unpaired) electrons. The second-order valence-corrected chi connectivity index (χ2v) is 4.78. The lowest BCUT2D eigenvalue weighted by atomic mass is 9.83. The van der Waals surface area contributed by atoms with Gasteiger partial charge in [-0.2, -0.15) is 0 Å². The van der Waals surface area contributed by atoms with Crippen LogP contribution in [0.3, 0.4) is 0 Å². The summed E-state index contributed by atoms with van der Waals surface area (Å²) in [7, 11) is 0. The van der Waals surface area contributed by atoms with E-state index in [4.69, 9.17) is 9.47 Å². The van der Waals surface area contributed by atoms with Crippen LogP contribution in [0.4, 0.5) is 0 Å². The number of ether oxygens (including phenoxy) is 2. The molecule has 5 nitrogen and oxygen atoms in total. The Bertz CT molecular complexity index is 642. The van der Waals surface area contributed by atoms with E-state index >= 15 is 0 Å². The predicted octanol–water partition coefficient (Wildman–Crippen LogP) is 2.35. The standard InChI is InChI=1S/C17H18O5/c1-3-21-10-14-13(9-15(18)22-4-2)16(19)11-7-5-6-8-12(11)17(14)20/h5-8H,3-4,9-10H2,1-2H3. The number of fused-ring (bicyclic) bond motifs is 1. The van der Waals surface area contributed by atoms with E-state index in [1.165, 1.54) is 0 Å². The molecule has 2 rings (SSSR count). The van der Waals surface area contributed by atoms with Crippen LogP contribution in [0.2, 0.25) is 0 Å². The van der Waals surface area contributed by atoms with Crippen LogP contribution in [0.5, 0.6) is 0 Å². The van der Waals surface area contributed by atoms with Crippen molar-refractivity contribution in [1.82, 2.24) is 0 Å². The van der Waals surface area contributed by atoms with Crippen LogP contribution < -0.4 is 0 Å². The molecule has 0 aromatic heterocycles. The van der Waals surface area contributed by atoms with Crippen LogP contribution >= 0.6 is 0 Å². The fraction of sp³-hybridized carbons (Fsp3) is 0.353. The summed E-state index contributed by atoms with van der Waals surface area (Å²) < 4.78 is 10.2. The number of hydrogen-bond acceptors (Lipinski definition) is 5. The molecule has 1 aliphatic rings. The van der Waals surface area contributed by atoms with Gasteiger partial charge in [0, 0.05) is 28.9 Å². The van der Waals surface area contributed by atoms with E-state index < -0.39 is 5.97 Å². The van der Waals surface area contributed by atoms with Crippen LogP contribution in [0, 0.1) is 0 Å². The van der Waals surface area contributed by atoms with Gasteiger partial charge in [0.1, 0.15) is 0 Å². The monoisotopic (exact) mass is 302 g/mol. The van der Waals surface area contributed by atoms with E-state index in [-0.39, 0.29) is 42.3 Å². The second-order valence-electron chi connectivity index (χ2n) is 4.78. The van der Waals surface area contributed by atoms with Gasteiger partial charge in [0.05, 0.1) is 19.6 Å². The van der Waals surface area contributed by atoms with Gasteiger partial charge >= 0.3 is 5.97 Å². The normalized spacial score (nSPS) is 14.1. The van der Waals surface area contributed by atoms with Gasteiger partial charge in [-0.25, -0.2) is 0 Å². The molecule has 1 aliphatic carbocycles. The van der Waals surface area contributed by atoms with Crippen LogP contribution in [0.15, 0.2) is 35.4 Å². The van der Waals surface area contributed by atoms with Gasteiger partial charge in [-0.1, -0.05) is 24.3 Å². The summed E-state index contributed by atoms with van der Waals surface area (Å²) in [6, 6.07) is 6.61. The van der Waals surface area contributed by atoms with Crippen molar-refractivity contribution < 1.29 is 23.9 Å². The van der Waals surface area contributed by atoms with Gasteiger partial charge in [0.15, 0.2) is 11.6 Å². The summed E-state index contributed by atoms with van der Waals surface area (Å²) in [5.74, 6) is -1.09. The molecule has 0 atom stereocenters. The molecule has 5 heteroatoms. The molecule has 22 heavy (non-hydrogen) atoms. The Kier molecular flexibility index (Phi) is 5.22. The molecule has 0 fully saturated rings. The Hall–Kier alpha value is -2.27. The van der Waals surface area contributed by atoms with E-state index in [0.29, 0.717) is 17.7 Å². The van der Waals surface area contributed by atoms with Gasteiger partial charge < -0.3 is 9.47 Å². The highest BCUT2D eigenvalue weighted by Gasteiger charge is 2.32.